The quantitative estimate of drug-likeness (QED) is 0.402. The highest BCUT2D eigenvalue weighted by atomic mass is 16.6. The molecule has 2 aromatic heterocycles. The molecule has 1 aliphatic heterocycles. The van der Waals surface area contributed by atoms with Gasteiger partial charge in [-0.1, -0.05) is 25.1 Å². The number of benzene rings is 1. The lowest BCUT2D eigenvalue weighted by Gasteiger charge is -2.27. The Morgan fingerprint density at radius 2 is 2.17 bits per heavy atom. The first kappa shape index (κ1) is 19.9. The Morgan fingerprint density at radius 1 is 1.37 bits per heavy atom. The first-order valence-corrected chi connectivity index (χ1v) is 10.2. The molecule has 6 heteroatoms. The SMILES string of the molecule is C=N/C=C\C(=C/C)c1cnc2nc(C3COc4ccccc4O3)n(C(C)CC)c2c1. The molecule has 0 saturated carbocycles. The monoisotopic (exact) mass is 402 g/mol. The van der Waals surface area contributed by atoms with Gasteiger partial charge in [0.15, 0.2) is 29.1 Å². The summed E-state index contributed by atoms with van der Waals surface area (Å²) in [5.41, 5.74) is 3.73. The van der Waals surface area contributed by atoms with E-state index >= 15 is 0 Å². The number of pyridine rings is 1. The number of aliphatic imine (C=N–C) groups is 1. The van der Waals surface area contributed by atoms with E-state index in [0.717, 1.165) is 40.4 Å². The molecule has 0 spiro atoms. The third-order valence-corrected chi connectivity index (χ3v) is 5.41. The molecule has 0 aliphatic carbocycles. The molecule has 0 fully saturated rings. The van der Waals surface area contributed by atoms with Crippen molar-refractivity contribution in [1.29, 1.82) is 0 Å². The van der Waals surface area contributed by atoms with Gasteiger partial charge in [0.2, 0.25) is 0 Å². The van der Waals surface area contributed by atoms with Crippen LogP contribution in [0.15, 0.2) is 59.9 Å². The van der Waals surface area contributed by atoms with Crippen molar-refractivity contribution in [2.75, 3.05) is 6.61 Å². The highest BCUT2D eigenvalue weighted by Crippen LogP contribution is 2.37. The molecule has 1 aliphatic rings. The zero-order valence-electron chi connectivity index (χ0n) is 17.6. The van der Waals surface area contributed by atoms with Crippen molar-refractivity contribution >= 4 is 23.5 Å². The predicted molar refractivity (Wildman–Crippen MR) is 120 cm³/mol. The Kier molecular flexibility index (Phi) is 5.65. The van der Waals surface area contributed by atoms with E-state index in [2.05, 4.69) is 41.2 Å². The third-order valence-electron chi connectivity index (χ3n) is 5.41. The van der Waals surface area contributed by atoms with Crippen LogP contribution in [0, 0.1) is 0 Å². The first-order valence-electron chi connectivity index (χ1n) is 10.2. The lowest BCUT2D eigenvalue weighted by molar-refractivity contribution is 0.0817. The molecule has 3 aromatic rings. The molecule has 6 nitrogen and oxygen atoms in total. The van der Waals surface area contributed by atoms with Crippen molar-refractivity contribution in [2.24, 2.45) is 4.99 Å². The minimum absolute atomic E-state index is 0.238. The second-order valence-corrected chi connectivity index (χ2v) is 7.27. The van der Waals surface area contributed by atoms with Crippen molar-refractivity contribution in [3.05, 3.63) is 66.3 Å². The topological polar surface area (TPSA) is 61.5 Å². The van der Waals surface area contributed by atoms with Crippen molar-refractivity contribution in [3.8, 4) is 11.5 Å². The summed E-state index contributed by atoms with van der Waals surface area (Å²) >= 11 is 0. The molecule has 0 radical (unpaired) electrons. The summed E-state index contributed by atoms with van der Waals surface area (Å²) in [6.45, 7) is 10.3. The molecule has 0 bridgehead atoms. The molecule has 2 unspecified atom stereocenters. The van der Waals surface area contributed by atoms with E-state index in [0.29, 0.717) is 12.3 Å². The average Bonchev–Trinajstić information content (AvgIpc) is 3.17. The average molecular weight is 402 g/mol. The number of imidazole rings is 1. The van der Waals surface area contributed by atoms with Crippen molar-refractivity contribution in [2.45, 2.75) is 39.3 Å². The summed E-state index contributed by atoms with van der Waals surface area (Å²) in [4.78, 5) is 13.3. The van der Waals surface area contributed by atoms with Gasteiger partial charge in [0.25, 0.3) is 0 Å². The van der Waals surface area contributed by atoms with Crippen molar-refractivity contribution in [3.63, 3.8) is 0 Å². The van der Waals surface area contributed by atoms with Gasteiger partial charge in [-0.2, -0.15) is 0 Å². The van der Waals surface area contributed by atoms with E-state index in [1.807, 2.05) is 49.5 Å². The molecule has 3 heterocycles. The summed E-state index contributed by atoms with van der Waals surface area (Å²) in [7, 11) is 0. The standard InChI is InChI=1S/C24H26N4O2/c1-5-16(3)28-19-13-18(17(6-2)11-12-25-4)14-26-23(19)27-24(28)22-15-29-20-9-7-8-10-21(20)30-22/h6-14,16,22H,4-5,15H2,1-3H3/b12-11-,17-6+. The number of ether oxygens (including phenoxy) is 2. The van der Waals surface area contributed by atoms with Crippen LogP contribution < -0.4 is 9.47 Å². The highest BCUT2D eigenvalue weighted by molar-refractivity contribution is 5.81. The molecule has 154 valence electrons. The fraction of sp³-hybridized carbons (Fsp3) is 0.292. The highest BCUT2D eigenvalue weighted by Gasteiger charge is 2.29. The molecule has 0 saturated heterocycles. The van der Waals surface area contributed by atoms with E-state index in [1.54, 1.807) is 6.20 Å². The normalized spacial score (nSPS) is 17.4. The van der Waals surface area contributed by atoms with Gasteiger partial charge in [-0.15, -0.1) is 0 Å². The van der Waals surface area contributed by atoms with E-state index in [1.165, 1.54) is 0 Å². The van der Waals surface area contributed by atoms with E-state index in [-0.39, 0.29) is 12.1 Å². The summed E-state index contributed by atoms with van der Waals surface area (Å²) in [6, 6.07) is 10.1. The van der Waals surface area contributed by atoms with E-state index in [4.69, 9.17) is 14.5 Å². The Morgan fingerprint density at radius 3 is 2.90 bits per heavy atom. The molecular weight excluding hydrogens is 376 g/mol. The molecule has 2 atom stereocenters. The zero-order chi connectivity index (χ0) is 21.1. The number of aromatic nitrogens is 3. The lowest BCUT2D eigenvalue weighted by atomic mass is 10.1. The minimum Gasteiger partial charge on any atom is -0.485 e. The van der Waals surface area contributed by atoms with Gasteiger partial charge < -0.3 is 14.0 Å². The maximum atomic E-state index is 6.26. The van der Waals surface area contributed by atoms with Crippen molar-refractivity contribution < 1.29 is 9.47 Å². The van der Waals surface area contributed by atoms with E-state index in [9.17, 15) is 0 Å². The minimum atomic E-state index is -0.294. The number of hydrogen-bond donors (Lipinski definition) is 0. The number of fused-ring (bicyclic) bond motifs is 2. The fourth-order valence-corrected chi connectivity index (χ4v) is 3.66. The van der Waals surface area contributed by atoms with Crippen LogP contribution in [0.1, 0.15) is 50.7 Å². The van der Waals surface area contributed by atoms with Gasteiger partial charge in [-0.3, -0.25) is 4.99 Å². The first-order chi connectivity index (χ1) is 14.7. The van der Waals surface area contributed by atoms with Gasteiger partial charge in [0, 0.05) is 24.0 Å². The van der Waals surface area contributed by atoms with Gasteiger partial charge in [-0.05, 0) is 56.8 Å². The van der Waals surface area contributed by atoms with Gasteiger partial charge in [-0.25, -0.2) is 9.97 Å². The maximum Gasteiger partial charge on any atom is 0.190 e. The third kappa shape index (κ3) is 3.61. The second-order valence-electron chi connectivity index (χ2n) is 7.27. The largest absolute Gasteiger partial charge is 0.485 e. The lowest BCUT2D eigenvalue weighted by Crippen LogP contribution is -2.25. The Balaban J connectivity index is 1.81. The summed E-state index contributed by atoms with van der Waals surface area (Å²) in [6.07, 6.45) is 8.15. The number of allylic oxidation sites excluding steroid dienone is 3. The number of rotatable bonds is 6. The molecule has 30 heavy (non-hydrogen) atoms. The van der Waals surface area contributed by atoms with Gasteiger partial charge in [0.05, 0.1) is 5.52 Å². The maximum absolute atomic E-state index is 6.26. The predicted octanol–water partition coefficient (Wildman–Crippen LogP) is 5.53. The van der Waals surface area contributed by atoms with Crippen LogP contribution in [0.5, 0.6) is 11.5 Å². The number of para-hydroxylation sites is 2. The van der Waals surface area contributed by atoms with Crippen LogP contribution in [0.25, 0.3) is 16.7 Å². The Hall–Kier alpha value is -3.41. The Labute approximate surface area is 176 Å². The van der Waals surface area contributed by atoms with Crippen LogP contribution in [0.3, 0.4) is 0 Å². The van der Waals surface area contributed by atoms with Gasteiger partial charge >= 0.3 is 0 Å². The van der Waals surface area contributed by atoms with Crippen LogP contribution in [-0.2, 0) is 0 Å². The van der Waals surface area contributed by atoms with Crippen LogP contribution >= 0.6 is 0 Å². The van der Waals surface area contributed by atoms with E-state index < -0.39 is 0 Å². The summed E-state index contributed by atoms with van der Waals surface area (Å²) in [5.74, 6) is 2.34. The smallest absolute Gasteiger partial charge is 0.190 e. The van der Waals surface area contributed by atoms with Crippen LogP contribution in [-0.4, -0.2) is 27.9 Å². The molecule has 0 amide bonds. The molecule has 0 N–H and O–H groups in total. The van der Waals surface area contributed by atoms with Crippen LogP contribution in [0.4, 0.5) is 0 Å². The molecule has 4 rings (SSSR count). The fourth-order valence-electron chi connectivity index (χ4n) is 3.66. The molecular formula is C24H26N4O2. The summed E-state index contributed by atoms with van der Waals surface area (Å²) in [5, 5.41) is 0. The Bertz CT molecular complexity index is 1130. The van der Waals surface area contributed by atoms with Crippen molar-refractivity contribution in [1.82, 2.24) is 14.5 Å². The second kappa shape index (κ2) is 8.53. The number of nitrogens with zero attached hydrogens (tertiary/aromatic N) is 4. The molecule has 1 aromatic carbocycles. The zero-order valence-corrected chi connectivity index (χ0v) is 17.6. The van der Waals surface area contributed by atoms with Crippen LogP contribution in [0.2, 0.25) is 0 Å². The van der Waals surface area contributed by atoms with Gasteiger partial charge in [0.1, 0.15) is 6.61 Å². The summed E-state index contributed by atoms with van der Waals surface area (Å²) < 4.78 is 14.4. The number of hydrogen-bond acceptors (Lipinski definition) is 5.